The lowest BCUT2D eigenvalue weighted by Crippen LogP contribution is -2.40. The summed E-state index contributed by atoms with van der Waals surface area (Å²) < 4.78 is 13.2. The third kappa shape index (κ3) is 3.92. The summed E-state index contributed by atoms with van der Waals surface area (Å²) in [6, 6.07) is 11.3. The molecular weight excluding hydrogens is 411 g/mol. The van der Waals surface area contributed by atoms with E-state index in [0.717, 1.165) is 5.56 Å². The zero-order chi connectivity index (χ0) is 20.6. The van der Waals surface area contributed by atoms with Crippen molar-refractivity contribution in [3.05, 3.63) is 69.0 Å². The van der Waals surface area contributed by atoms with Crippen LogP contribution in [-0.4, -0.2) is 22.0 Å². The minimum absolute atomic E-state index is 0.236. The van der Waals surface area contributed by atoms with Gasteiger partial charge in [-0.2, -0.15) is 5.10 Å². The maximum Gasteiger partial charge on any atom is 0.266 e. The number of aromatic amines is 1. The highest BCUT2D eigenvalue weighted by molar-refractivity contribution is 7.20. The van der Waals surface area contributed by atoms with Gasteiger partial charge in [-0.25, -0.2) is 4.39 Å². The molecule has 0 saturated heterocycles. The molecule has 0 spiro atoms. The molecule has 9 heteroatoms. The first-order valence-corrected chi connectivity index (χ1v) is 10.4. The summed E-state index contributed by atoms with van der Waals surface area (Å²) in [7, 11) is 0. The third-order valence-corrected chi connectivity index (χ3v) is 6.35. The van der Waals surface area contributed by atoms with Crippen LogP contribution in [0.5, 0.6) is 0 Å². The zero-order valence-corrected chi connectivity index (χ0v) is 17.2. The van der Waals surface area contributed by atoms with Crippen LogP contribution in [0.4, 0.5) is 10.2 Å². The van der Waals surface area contributed by atoms with Crippen LogP contribution in [0.2, 0.25) is 0 Å². The second-order valence-electron chi connectivity index (χ2n) is 6.95. The standard InChI is InChI=1S/C20H17FN4O2S2/c1-20(2,11-5-7-12(21)8-6-11)23-18(27)15-10-13-16(24-25-19(13)29-15)22-17(26)14-4-3-9-28-14/h3-10H,1-2H3,(H,23,27)(H2,22,24,25,26). The average molecular weight is 429 g/mol. The van der Waals surface area contributed by atoms with Crippen LogP contribution >= 0.6 is 22.7 Å². The molecule has 0 radical (unpaired) electrons. The Balaban J connectivity index is 1.53. The van der Waals surface area contributed by atoms with Crippen molar-refractivity contribution in [3.8, 4) is 0 Å². The van der Waals surface area contributed by atoms with Gasteiger partial charge in [-0.3, -0.25) is 14.7 Å². The van der Waals surface area contributed by atoms with Crippen LogP contribution in [0, 0.1) is 5.82 Å². The predicted octanol–water partition coefficient (Wildman–Crippen LogP) is 4.74. The minimum Gasteiger partial charge on any atom is -0.342 e. The van der Waals surface area contributed by atoms with Crippen LogP contribution in [0.15, 0.2) is 47.8 Å². The molecule has 0 aliphatic carbocycles. The number of fused-ring (bicyclic) bond motifs is 1. The minimum atomic E-state index is -0.686. The van der Waals surface area contributed by atoms with Crippen molar-refractivity contribution in [2.45, 2.75) is 19.4 Å². The Morgan fingerprint density at radius 2 is 1.86 bits per heavy atom. The quantitative estimate of drug-likeness (QED) is 0.429. The number of H-pyrrole nitrogens is 1. The molecule has 0 aliphatic heterocycles. The van der Waals surface area contributed by atoms with Crippen LogP contribution in [0.25, 0.3) is 10.2 Å². The molecule has 29 heavy (non-hydrogen) atoms. The molecule has 0 fully saturated rings. The van der Waals surface area contributed by atoms with Crippen molar-refractivity contribution in [2.24, 2.45) is 0 Å². The molecule has 0 saturated carbocycles. The zero-order valence-electron chi connectivity index (χ0n) is 15.6. The number of nitrogens with one attached hydrogen (secondary N) is 3. The van der Waals surface area contributed by atoms with E-state index in [1.807, 2.05) is 19.2 Å². The lowest BCUT2D eigenvalue weighted by atomic mass is 9.94. The Morgan fingerprint density at radius 3 is 2.55 bits per heavy atom. The van der Waals surface area contributed by atoms with Crippen LogP contribution in [0.3, 0.4) is 0 Å². The number of rotatable bonds is 5. The van der Waals surface area contributed by atoms with Crippen molar-refractivity contribution in [2.75, 3.05) is 5.32 Å². The van der Waals surface area contributed by atoms with Gasteiger partial charge in [0, 0.05) is 0 Å². The second-order valence-corrected chi connectivity index (χ2v) is 8.92. The lowest BCUT2D eigenvalue weighted by molar-refractivity contribution is 0.0915. The Morgan fingerprint density at radius 1 is 1.10 bits per heavy atom. The maximum absolute atomic E-state index is 13.2. The molecule has 1 aromatic carbocycles. The van der Waals surface area contributed by atoms with E-state index < -0.39 is 5.54 Å². The van der Waals surface area contributed by atoms with Crippen LogP contribution in [-0.2, 0) is 5.54 Å². The highest BCUT2D eigenvalue weighted by atomic mass is 32.1. The summed E-state index contributed by atoms with van der Waals surface area (Å²) >= 11 is 2.57. The van der Waals surface area contributed by atoms with Gasteiger partial charge in [0.05, 0.1) is 20.7 Å². The molecule has 3 N–H and O–H groups in total. The molecule has 3 aromatic heterocycles. The Labute approximate surface area is 173 Å². The van der Waals surface area contributed by atoms with E-state index in [1.54, 1.807) is 30.3 Å². The number of carbonyl (C=O) groups excluding carboxylic acids is 2. The van der Waals surface area contributed by atoms with E-state index in [4.69, 9.17) is 0 Å². The number of nitrogens with zero attached hydrogens (tertiary/aromatic N) is 1. The number of aromatic nitrogens is 2. The normalized spacial score (nSPS) is 11.6. The van der Waals surface area contributed by atoms with Crippen molar-refractivity contribution in [1.82, 2.24) is 15.5 Å². The number of hydrogen-bond donors (Lipinski definition) is 3. The second kappa shape index (κ2) is 7.41. The molecule has 148 valence electrons. The number of halogens is 1. The maximum atomic E-state index is 13.2. The van der Waals surface area contributed by atoms with Gasteiger partial charge in [0.15, 0.2) is 0 Å². The van der Waals surface area contributed by atoms with E-state index in [9.17, 15) is 14.0 Å². The average Bonchev–Trinajstić information content (AvgIpc) is 3.40. The first-order valence-electron chi connectivity index (χ1n) is 8.75. The highest BCUT2D eigenvalue weighted by Crippen LogP contribution is 2.30. The van der Waals surface area contributed by atoms with Crippen LogP contribution < -0.4 is 10.6 Å². The first kappa shape index (κ1) is 19.3. The predicted molar refractivity (Wildman–Crippen MR) is 113 cm³/mol. The fourth-order valence-electron chi connectivity index (χ4n) is 2.88. The van der Waals surface area contributed by atoms with Gasteiger partial charge < -0.3 is 10.6 Å². The Kier molecular flexibility index (Phi) is 4.93. The number of amides is 2. The number of hydrogen-bond acceptors (Lipinski definition) is 5. The largest absolute Gasteiger partial charge is 0.342 e. The number of anilines is 1. The summed E-state index contributed by atoms with van der Waals surface area (Å²) in [5.74, 6) is -0.378. The Bertz CT molecular complexity index is 1180. The van der Waals surface area contributed by atoms with E-state index in [-0.39, 0.29) is 17.6 Å². The van der Waals surface area contributed by atoms with E-state index in [2.05, 4.69) is 20.8 Å². The molecule has 4 aromatic rings. The molecule has 2 amide bonds. The molecule has 0 atom stereocenters. The number of thiophene rings is 2. The lowest BCUT2D eigenvalue weighted by Gasteiger charge is -2.26. The van der Waals surface area contributed by atoms with Crippen molar-refractivity contribution in [1.29, 1.82) is 0 Å². The van der Waals surface area contributed by atoms with Gasteiger partial charge in [-0.15, -0.1) is 22.7 Å². The highest BCUT2D eigenvalue weighted by Gasteiger charge is 2.25. The fraction of sp³-hybridized carbons (Fsp3) is 0.150. The van der Waals surface area contributed by atoms with E-state index >= 15 is 0 Å². The smallest absolute Gasteiger partial charge is 0.266 e. The topological polar surface area (TPSA) is 86.9 Å². The van der Waals surface area contributed by atoms with Gasteiger partial charge in [-0.05, 0) is 49.1 Å². The summed E-state index contributed by atoms with van der Waals surface area (Å²) in [6.45, 7) is 3.70. The van der Waals surface area contributed by atoms with Crippen molar-refractivity contribution >= 4 is 50.5 Å². The number of carbonyl (C=O) groups is 2. The van der Waals surface area contributed by atoms with E-state index in [0.29, 0.717) is 25.8 Å². The van der Waals surface area contributed by atoms with Gasteiger partial charge in [0.2, 0.25) is 0 Å². The van der Waals surface area contributed by atoms with Crippen LogP contribution in [0.1, 0.15) is 38.8 Å². The van der Waals surface area contributed by atoms with E-state index in [1.165, 1.54) is 34.8 Å². The summed E-state index contributed by atoms with van der Waals surface area (Å²) in [4.78, 5) is 26.7. The Hall–Kier alpha value is -3.04. The molecule has 6 nitrogen and oxygen atoms in total. The van der Waals surface area contributed by atoms with Crippen molar-refractivity contribution in [3.63, 3.8) is 0 Å². The van der Waals surface area contributed by atoms with Gasteiger partial charge in [0.1, 0.15) is 16.5 Å². The summed E-state index contributed by atoms with van der Waals surface area (Å²) in [5, 5.41) is 15.2. The van der Waals surface area contributed by atoms with Gasteiger partial charge in [0.25, 0.3) is 11.8 Å². The summed E-state index contributed by atoms with van der Waals surface area (Å²) in [5.41, 5.74) is 0.104. The molecular formula is C20H17FN4O2S2. The molecule has 0 bridgehead atoms. The molecule has 0 unspecified atom stereocenters. The van der Waals surface area contributed by atoms with Gasteiger partial charge >= 0.3 is 0 Å². The third-order valence-electron chi connectivity index (χ3n) is 4.45. The van der Waals surface area contributed by atoms with Gasteiger partial charge in [-0.1, -0.05) is 18.2 Å². The molecule has 3 heterocycles. The SMILES string of the molecule is CC(C)(NC(=O)c1cc2c(NC(=O)c3cccs3)[nH]nc2s1)c1ccc(F)cc1. The molecule has 0 aliphatic rings. The molecule has 4 rings (SSSR count). The first-order chi connectivity index (χ1) is 13.8. The number of benzene rings is 1. The fourth-order valence-corrected chi connectivity index (χ4v) is 4.39. The van der Waals surface area contributed by atoms with Crippen molar-refractivity contribution < 1.29 is 14.0 Å². The summed E-state index contributed by atoms with van der Waals surface area (Å²) in [6.07, 6.45) is 0. The monoisotopic (exact) mass is 428 g/mol.